The van der Waals surface area contributed by atoms with E-state index in [2.05, 4.69) is 19.2 Å². The predicted octanol–water partition coefficient (Wildman–Crippen LogP) is 1.01. The maximum absolute atomic E-state index is 8.39. The van der Waals surface area contributed by atoms with Crippen molar-refractivity contribution in [2.75, 3.05) is 6.61 Å². The van der Waals surface area contributed by atoms with Crippen molar-refractivity contribution in [2.45, 2.75) is 38.3 Å². The quantitative estimate of drug-likeness (QED) is 0.453. The Morgan fingerprint density at radius 2 is 2.36 bits per heavy atom. The molecule has 1 rings (SSSR count). The molecule has 0 spiro atoms. The van der Waals surface area contributed by atoms with Crippen molar-refractivity contribution in [1.82, 2.24) is 5.32 Å². The minimum atomic E-state index is -0.0627. The lowest BCUT2D eigenvalue weighted by molar-refractivity contribution is -0.0609. The van der Waals surface area contributed by atoms with Crippen LogP contribution in [0.5, 0.6) is 0 Å². The van der Waals surface area contributed by atoms with Gasteiger partial charge in [0, 0.05) is 12.6 Å². The van der Waals surface area contributed by atoms with E-state index in [-0.39, 0.29) is 5.60 Å². The lowest BCUT2D eigenvalue weighted by Gasteiger charge is -2.34. The molecule has 0 aromatic rings. The molecule has 1 atom stereocenters. The Bertz CT molecular complexity index is 171. The van der Waals surface area contributed by atoms with Crippen LogP contribution in [0.2, 0.25) is 0 Å². The third-order valence-electron chi connectivity index (χ3n) is 1.97. The van der Waals surface area contributed by atoms with E-state index in [0.29, 0.717) is 6.04 Å². The molecule has 0 aromatic carbocycles. The highest BCUT2D eigenvalue weighted by atomic mass is 16.5. The second-order valence-electron chi connectivity index (χ2n) is 3.55. The van der Waals surface area contributed by atoms with Crippen LogP contribution >= 0.6 is 0 Å². The largest absolute Gasteiger partial charge is 0.375 e. The molecule has 62 valence electrons. The number of hydrogen-bond acceptors (Lipinski definition) is 3. The van der Waals surface area contributed by atoms with E-state index in [1.807, 2.05) is 6.19 Å². The summed E-state index contributed by atoms with van der Waals surface area (Å²) in [7, 11) is 0. The van der Waals surface area contributed by atoms with E-state index in [1.54, 1.807) is 0 Å². The second-order valence-corrected chi connectivity index (χ2v) is 3.55. The molecule has 3 heteroatoms. The topological polar surface area (TPSA) is 45.0 Å². The van der Waals surface area contributed by atoms with Crippen LogP contribution in [0.15, 0.2) is 0 Å². The lowest BCUT2D eigenvalue weighted by atomic mass is 9.94. The Morgan fingerprint density at radius 3 is 2.91 bits per heavy atom. The van der Waals surface area contributed by atoms with Gasteiger partial charge in [0.25, 0.3) is 0 Å². The Balaban J connectivity index is 2.41. The van der Waals surface area contributed by atoms with Gasteiger partial charge < -0.3 is 10.1 Å². The summed E-state index contributed by atoms with van der Waals surface area (Å²) in [5.74, 6) is 0. The van der Waals surface area contributed by atoms with Crippen molar-refractivity contribution < 1.29 is 4.74 Å². The molecule has 11 heavy (non-hydrogen) atoms. The SMILES string of the molecule is CC1(C)CC(NC#N)CCO1. The minimum Gasteiger partial charge on any atom is -0.375 e. The van der Waals surface area contributed by atoms with Gasteiger partial charge in [0.1, 0.15) is 0 Å². The maximum Gasteiger partial charge on any atom is 0.176 e. The van der Waals surface area contributed by atoms with Crippen LogP contribution in [0.3, 0.4) is 0 Å². The highest BCUT2D eigenvalue weighted by molar-refractivity contribution is 4.86. The fraction of sp³-hybridized carbons (Fsp3) is 0.875. The summed E-state index contributed by atoms with van der Waals surface area (Å²) in [6.45, 7) is 4.86. The number of nitrogens with zero attached hydrogens (tertiary/aromatic N) is 1. The van der Waals surface area contributed by atoms with Gasteiger partial charge in [0.05, 0.1) is 5.60 Å². The standard InChI is InChI=1S/C8H14N2O/c1-8(2)5-7(10-6-9)3-4-11-8/h7,10H,3-5H2,1-2H3. The first kappa shape index (κ1) is 8.35. The van der Waals surface area contributed by atoms with Crippen molar-refractivity contribution in [3.05, 3.63) is 0 Å². The summed E-state index contributed by atoms with van der Waals surface area (Å²) in [5, 5.41) is 11.2. The van der Waals surface area contributed by atoms with Crippen molar-refractivity contribution >= 4 is 0 Å². The monoisotopic (exact) mass is 154 g/mol. The molecule has 0 aliphatic carbocycles. The summed E-state index contributed by atoms with van der Waals surface area (Å²) in [6, 6.07) is 0.309. The van der Waals surface area contributed by atoms with E-state index >= 15 is 0 Å². The molecule has 1 aliphatic rings. The van der Waals surface area contributed by atoms with Crippen LogP contribution in [-0.4, -0.2) is 18.2 Å². The zero-order chi connectivity index (χ0) is 8.32. The molecule has 1 aliphatic heterocycles. The van der Waals surface area contributed by atoms with Crippen LogP contribution in [0.25, 0.3) is 0 Å². The Morgan fingerprint density at radius 1 is 1.64 bits per heavy atom. The molecule has 1 heterocycles. The molecular weight excluding hydrogens is 140 g/mol. The van der Waals surface area contributed by atoms with Gasteiger partial charge in [-0.25, -0.2) is 0 Å². The molecule has 1 fully saturated rings. The highest BCUT2D eigenvalue weighted by Gasteiger charge is 2.28. The Kier molecular flexibility index (Phi) is 2.35. The third-order valence-corrected chi connectivity index (χ3v) is 1.97. The molecule has 1 saturated heterocycles. The molecule has 3 nitrogen and oxygen atoms in total. The summed E-state index contributed by atoms with van der Waals surface area (Å²) in [5.41, 5.74) is -0.0627. The first-order chi connectivity index (χ1) is 5.14. The van der Waals surface area contributed by atoms with E-state index in [0.717, 1.165) is 19.4 Å². The van der Waals surface area contributed by atoms with Crippen molar-refractivity contribution in [3.8, 4) is 6.19 Å². The van der Waals surface area contributed by atoms with Gasteiger partial charge in [-0.3, -0.25) is 0 Å². The third kappa shape index (κ3) is 2.39. The van der Waals surface area contributed by atoms with Crippen LogP contribution in [0.1, 0.15) is 26.7 Å². The van der Waals surface area contributed by atoms with E-state index < -0.39 is 0 Å². The Labute approximate surface area is 67.3 Å². The fourth-order valence-electron chi connectivity index (χ4n) is 1.45. The highest BCUT2D eigenvalue weighted by Crippen LogP contribution is 2.23. The second kappa shape index (κ2) is 3.10. The van der Waals surface area contributed by atoms with Gasteiger partial charge in [0.2, 0.25) is 0 Å². The predicted molar refractivity (Wildman–Crippen MR) is 41.8 cm³/mol. The molecule has 0 aromatic heterocycles. The zero-order valence-corrected chi connectivity index (χ0v) is 7.05. The summed E-state index contributed by atoms with van der Waals surface area (Å²) in [6.07, 6.45) is 3.83. The normalized spacial score (nSPS) is 29.0. The average Bonchev–Trinajstić information content (AvgIpc) is 1.85. The molecule has 0 saturated carbocycles. The van der Waals surface area contributed by atoms with Crippen molar-refractivity contribution in [1.29, 1.82) is 5.26 Å². The first-order valence-electron chi connectivity index (χ1n) is 3.93. The number of hydrogen-bond donors (Lipinski definition) is 1. The van der Waals surface area contributed by atoms with E-state index in [1.165, 1.54) is 0 Å². The van der Waals surface area contributed by atoms with Gasteiger partial charge in [-0.2, -0.15) is 5.26 Å². The van der Waals surface area contributed by atoms with Crippen molar-refractivity contribution in [2.24, 2.45) is 0 Å². The number of ether oxygens (including phenoxy) is 1. The zero-order valence-electron chi connectivity index (χ0n) is 7.05. The summed E-state index contributed by atoms with van der Waals surface area (Å²) in [4.78, 5) is 0. The van der Waals surface area contributed by atoms with Gasteiger partial charge in [0.15, 0.2) is 6.19 Å². The minimum absolute atomic E-state index is 0.0627. The van der Waals surface area contributed by atoms with Crippen molar-refractivity contribution in [3.63, 3.8) is 0 Å². The molecule has 1 N–H and O–H groups in total. The summed E-state index contributed by atoms with van der Waals surface area (Å²) >= 11 is 0. The maximum atomic E-state index is 8.39. The van der Waals surface area contributed by atoms with Gasteiger partial charge in [-0.15, -0.1) is 0 Å². The summed E-state index contributed by atoms with van der Waals surface area (Å²) < 4.78 is 5.49. The molecule has 1 unspecified atom stereocenters. The molecule has 0 radical (unpaired) electrons. The van der Waals surface area contributed by atoms with Crippen LogP contribution in [0.4, 0.5) is 0 Å². The van der Waals surface area contributed by atoms with Crippen LogP contribution in [-0.2, 0) is 4.74 Å². The molecule has 0 amide bonds. The van der Waals surface area contributed by atoms with Gasteiger partial charge in [-0.05, 0) is 26.7 Å². The fourth-order valence-corrected chi connectivity index (χ4v) is 1.45. The molecule has 0 bridgehead atoms. The van der Waals surface area contributed by atoms with Crippen LogP contribution < -0.4 is 5.32 Å². The Hall–Kier alpha value is -0.750. The smallest absolute Gasteiger partial charge is 0.176 e. The van der Waals surface area contributed by atoms with Gasteiger partial charge in [-0.1, -0.05) is 0 Å². The molecular formula is C8H14N2O. The number of nitriles is 1. The first-order valence-corrected chi connectivity index (χ1v) is 3.93. The van der Waals surface area contributed by atoms with Crippen LogP contribution in [0, 0.1) is 11.5 Å². The van der Waals surface area contributed by atoms with Gasteiger partial charge >= 0.3 is 0 Å². The number of nitrogens with one attached hydrogen (secondary N) is 1. The van der Waals surface area contributed by atoms with E-state index in [4.69, 9.17) is 10.00 Å². The average molecular weight is 154 g/mol. The van der Waals surface area contributed by atoms with E-state index in [9.17, 15) is 0 Å². The number of rotatable bonds is 1. The lowest BCUT2D eigenvalue weighted by Crippen LogP contribution is -2.42.